The molecule has 0 bridgehead atoms. The van der Waals surface area contributed by atoms with Crippen LogP contribution < -0.4 is 5.32 Å². The Hall–Kier alpha value is -2.09. The topological polar surface area (TPSA) is 24.9 Å². The van der Waals surface area contributed by atoms with Gasteiger partial charge in [0.1, 0.15) is 0 Å². The highest BCUT2D eigenvalue weighted by molar-refractivity contribution is 5.99. The Bertz CT molecular complexity index is 689. The van der Waals surface area contributed by atoms with Crippen LogP contribution in [0, 0.1) is 0 Å². The van der Waals surface area contributed by atoms with E-state index in [4.69, 9.17) is 4.98 Å². The average molecular weight is 236 g/mol. The number of hydrogen-bond acceptors (Lipinski definition) is 2. The van der Waals surface area contributed by atoms with Crippen molar-refractivity contribution in [2.24, 2.45) is 0 Å². The van der Waals surface area contributed by atoms with Gasteiger partial charge in [0.05, 0.1) is 11.0 Å². The minimum absolute atomic E-state index is 0.992. The Morgan fingerprint density at radius 2 is 1.83 bits per heavy atom. The lowest BCUT2D eigenvalue weighted by molar-refractivity contribution is 0.981. The molecule has 0 aliphatic heterocycles. The van der Waals surface area contributed by atoms with Crippen LogP contribution in [-0.4, -0.2) is 11.5 Å². The summed E-state index contributed by atoms with van der Waals surface area (Å²) in [6, 6.07) is 16.7. The van der Waals surface area contributed by atoms with Gasteiger partial charge < -0.3 is 5.32 Å². The highest BCUT2D eigenvalue weighted by atomic mass is 14.9. The molecule has 0 fully saturated rings. The van der Waals surface area contributed by atoms with Gasteiger partial charge in [0, 0.05) is 23.0 Å². The summed E-state index contributed by atoms with van der Waals surface area (Å²) in [4.78, 5) is 4.71. The lowest BCUT2D eigenvalue weighted by Gasteiger charge is -2.09. The quantitative estimate of drug-likeness (QED) is 0.689. The van der Waals surface area contributed by atoms with Crippen molar-refractivity contribution in [1.29, 1.82) is 0 Å². The predicted molar refractivity (Wildman–Crippen MR) is 78.0 cm³/mol. The Morgan fingerprint density at radius 1 is 1.00 bits per heavy atom. The molecule has 3 rings (SSSR count). The summed E-state index contributed by atoms with van der Waals surface area (Å²) >= 11 is 0. The van der Waals surface area contributed by atoms with E-state index in [1.165, 1.54) is 16.5 Å². The number of benzene rings is 2. The van der Waals surface area contributed by atoms with Crippen molar-refractivity contribution in [1.82, 2.24) is 4.98 Å². The third-order valence-electron chi connectivity index (χ3n) is 3.13. The van der Waals surface area contributed by atoms with Crippen LogP contribution in [0.2, 0.25) is 0 Å². The number of anilines is 1. The lowest BCUT2D eigenvalue weighted by atomic mass is 10.1. The molecule has 0 spiro atoms. The number of hydrogen-bond donors (Lipinski definition) is 1. The highest BCUT2D eigenvalue weighted by Crippen LogP contribution is 2.25. The van der Waals surface area contributed by atoms with Gasteiger partial charge in [-0.05, 0) is 30.7 Å². The van der Waals surface area contributed by atoms with Gasteiger partial charge in [-0.15, -0.1) is 0 Å². The molecule has 90 valence electrons. The van der Waals surface area contributed by atoms with Gasteiger partial charge in [-0.1, -0.05) is 31.2 Å². The molecule has 1 aromatic heterocycles. The number of fused-ring (bicyclic) bond motifs is 2. The Labute approximate surface area is 107 Å². The van der Waals surface area contributed by atoms with Crippen LogP contribution in [-0.2, 0) is 0 Å². The van der Waals surface area contributed by atoms with E-state index < -0.39 is 0 Å². The Balaban J connectivity index is 2.22. The van der Waals surface area contributed by atoms with Crippen molar-refractivity contribution < 1.29 is 0 Å². The zero-order valence-corrected chi connectivity index (χ0v) is 10.5. The highest BCUT2D eigenvalue weighted by Gasteiger charge is 2.03. The molecule has 0 radical (unpaired) electrons. The summed E-state index contributed by atoms with van der Waals surface area (Å²) in [5.74, 6) is 0. The molecular weight excluding hydrogens is 220 g/mol. The second-order valence-corrected chi connectivity index (χ2v) is 4.48. The smallest absolute Gasteiger partial charge is 0.0730 e. The summed E-state index contributed by atoms with van der Waals surface area (Å²) in [5, 5.41) is 5.85. The minimum atomic E-state index is 0.992. The standard InChI is InChI=1S/C16H16N2/c1-2-10-17-15-8-5-9-16-13(15)11-12-6-3-4-7-14(12)18-16/h3-9,11,17H,2,10H2,1H3. The Kier molecular flexibility index (Phi) is 2.85. The molecule has 0 saturated heterocycles. The first-order valence-corrected chi connectivity index (χ1v) is 6.41. The normalized spacial score (nSPS) is 10.9. The van der Waals surface area contributed by atoms with E-state index in [0.717, 1.165) is 24.0 Å². The molecule has 1 heterocycles. The van der Waals surface area contributed by atoms with E-state index in [0.29, 0.717) is 0 Å². The fourth-order valence-electron chi connectivity index (χ4n) is 2.21. The van der Waals surface area contributed by atoms with E-state index in [2.05, 4.69) is 54.7 Å². The maximum absolute atomic E-state index is 4.71. The summed E-state index contributed by atoms with van der Waals surface area (Å²) in [7, 11) is 0. The second kappa shape index (κ2) is 4.65. The molecule has 1 N–H and O–H groups in total. The third-order valence-corrected chi connectivity index (χ3v) is 3.13. The van der Waals surface area contributed by atoms with Gasteiger partial charge in [-0.25, -0.2) is 4.98 Å². The van der Waals surface area contributed by atoms with Crippen molar-refractivity contribution in [3.05, 3.63) is 48.5 Å². The predicted octanol–water partition coefficient (Wildman–Crippen LogP) is 4.21. The molecule has 0 atom stereocenters. The molecule has 2 heteroatoms. The third kappa shape index (κ3) is 1.90. The molecule has 18 heavy (non-hydrogen) atoms. The van der Waals surface area contributed by atoms with Gasteiger partial charge in [-0.3, -0.25) is 0 Å². The van der Waals surface area contributed by atoms with Crippen molar-refractivity contribution in [3.8, 4) is 0 Å². The number of rotatable bonds is 3. The second-order valence-electron chi connectivity index (χ2n) is 4.48. The first kappa shape index (κ1) is 11.0. The van der Waals surface area contributed by atoms with Crippen LogP contribution in [0.1, 0.15) is 13.3 Å². The number of para-hydroxylation sites is 1. The summed E-state index contributed by atoms with van der Waals surface area (Å²) < 4.78 is 0. The fraction of sp³-hybridized carbons (Fsp3) is 0.188. The van der Waals surface area contributed by atoms with E-state index in [1.54, 1.807) is 0 Å². The number of aromatic nitrogens is 1. The van der Waals surface area contributed by atoms with Crippen molar-refractivity contribution >= 4 is 27.5 Å². The molecule has 0 aliphatic carbocycles. The van der Waals surface area contributed by atoms with Gasteiger partial charge in [0.25, 0.3) is 0 Å². The Morgan fingerprint density at radius 3 is 2.72 bits per heavy atom. The molecule has 0 unspecified atom stereocenters. The maximum Gasteiger partial charge on any atom is 0.0730 e. The van der Waals surface area contributed by atoms with E-state index in [-0.39, 0.29) is 0 Å². The molecule has 2 nitrogen and oxygen atoms in total. The van der Waals surface area contributed by atoms with Gasteiger partial charge in [0.2, 0.25) is 0 Å². The van der Waals surface area contributed by atoms with E-state index in [1.807, 2.05) is 6.07 Å². The average Bonchev–Trinajstić information content (AvgIpc) is 2.43. The van der Waals surface area contributed by atoms with Crippen LogP contribution in [0.3, 0.4) is 0 Å². The first-order valence-electron chi connectivity index (χ1n) is 6.41. The summed E-state index contributed by atoms with van der Waals surface area (Å²) in [6.07, 6.45) is 1.12. The zero-order chi connectivity index (χ0) is 12.4. The summed E-state index contributed by atoms with van der Waals surface area (Å²) in [6.45, 7) is 3.16. The summed E-state index contributed by atoms with van der Waals surface area (Å²) in [5.41, 5.74) is 3.28. The SMILES string of the molecule is CCCNc1cccc2nc3ccccc3cc12. The van der Waals surface area contributed by atoms with Gasteiger partial charge in [0.15, 0.2) is 0 Å². The van der Waals surface area contributed by atoms with E-state index >= 15 is 0 Å². The largest absolute Gasteiger partial charge is 0.385 e. The van der Waals surface area contributed by atoms with Crippen LogP contribution in [0.25, 0.3) is 21.8 Å². The van der Waals surface area contributed by atoms with Crippen LogP contribution in [0.5, 0.6) is 0 Å². The molecule has 0 amide bonds. The minimum Gasteiger partial charge on any atom is -0.385 e. The molecule has 0 saturated carbocycles. The fourth-order valence-corrected chi connectivity index (χ4v) is 2.21. The zero-order valence-electron chi connectivity index (χ0n) is 10.5. The van der Waals surface area contributed by atoms with Gasteiger partial charge >= 0.3 is 0 Å². The lowest BCUT2D eigenvalue weighted by Crippen LogP contribution is -2.00. The van der Waals surface area contributed by atoms with Crippen molar-refractivity contribution in [2.45, 2.75) is 13.3 Å². The van der Waals surface area contributed by atoms with E-state index in [9.17, 15) is 0 Å². The van der Waals surface area contributed by atoms with Crippen LogP contribution in [0.4, 0.5) is 5.69 Å². The molecule has 2 aromatic carbocycles. The van der Waals surface area contributed by atoms with Crippen LogP contribution in [0.15, 0.2) is 48.5 Å². The number of nitrogens with one attached hydrogen (secondary N) is 1. The van der Waals surface area contributed by atoms with Crippen molar-refractivity contribution in [2.75, 3.05) is 11.9 Å². The number of nitrogens with zero attached hydrogens (tertiary/aromatic N) is 1. The van der Waals surface area contributed by atoms with Crippen molar-refractivity contribution in [3.63, 3.8) is 0 Å². The molecule has 0 aliphatic rings. The number of pyridine rings is 1. The first-order chi connectivity index (χ1) is 8.88. The van der Waals surface area contributed by atoms with Gasteiger partial charge in [-0.2, -0.15) is 0 Å². The monoisotopic (exact) mass is 236 g/mol. The maximum atomic E-state index is 4.71. The molecular formula is C16H16N2. The van der Waals surface area contributed by atoms with Crippen LogP contribution >= 0.6 is 0 Å². The molecule has 3 aromatic rings.